The van der Waals surface area contributed by atoms with E-state index in [1.165, 1.54) is 17.3 Å². The highest BCUT2D eigenvalue weighted by molar-refractivity contribution is 5.63. The molecule has 122 valence electrons. The summed E-state index contributed by atoms with van der Waals surface area (Å²) in [7, 11) is 0. The minimum atomic E-state index is -0.0266. The summed E-state index contributed by atoms with van der Waals surface area (Å²) in [5.74, 6) is 0. The van der Waals surface area contributed by atoms with E-state index in [2.05, 4.69) is 48.5 Å². The molecule has 1 aromatic heterocycles. The molecule has 0 saturated carbocycles. The third kappa shape index (κ3) is 3.17. The molecule has 0 radical (unpaired) electrons. The summed E-state index contributed by atoms with van der Waals surface area (Å²) in [5.41, 5.74) is 4.67. The van der Waals surface area contributed by atoms with Crippen LogP contribution in [0.2, 0.25) is 0 Å². The Morgan fingerprint density at radius 3 is 1.84 bits per heavy atom. The number of hydrogen-bond acceptors (Lipinski definition) is 1. The highest BCUT2D eigenvalue weighted by Gasteiger charge is 2.20. The van der Waals surface area contributed by atoms with Crippen molar-refractivity contribution in [1.82, 2.24) is 4.57 Å². The Labute approximate surface area is 147 Å². The van der Waals surface area contributed by atoms with Crippen molar-refractivity contribution in [2.75, 3.05) is 0 Å². The minimum absolute atomic E-state index is 0.0266. The van der Waals surface area contributed by atoms with Crippen LogP contribution in [-0.2, 0) is 0 Å². The second kappa shape index (κ2) is 6.65. The van der Waals surface area contributed by atoms with E-state index in [4.69, 9.17) is 0 Å². The minimum Gasteiger partial charge on any atom is -0.711 e. The third-order valence-corrected chi connectivity index (χ3v) is 4.38. The fourth-order valence-corrected chi connectivity index (χ4v) is 3.16. The standard InChI is InChI=1S/C22H18N2O/c25-24-16-15-23(17-24)22(20-9-5-2-6-10-20)21-13-11-19(12-14-21)18-7-3-1-4-8-18/h1-17,22H. The molecule has 3 aromatic carbocycles. The predicted molar refractivity (Wildman–Crippen MR) is 99.0 cm³/mol. The molecule has 0 fully saturated rings. The van der Waals surface area contributed by atoms with Gasteiger partial charge in [-0.1, -0.05) is 84.9 Å². The Morgan fingerprint density at radius 2 is 1.24 bits per heavy atom. The van der Waals surface area contributed by atoms with Crippen LogP contribution < -0.4 is 4.73 Å². The van der Waals surface area contributed by atoms with Gasteiger partial charge in [0.25, 0.3) is 0 Å². The molecule has 0 aliphatic heterocycles. The first-order chi connectivity index (χ1) is 12.3. The number of nitrogens with zero attached hydrogens (tertiary/aromatic N) is 2. The van der Waals surface area contributed by atoms with E-state index in [9.17, 15) is 5.21 Å². The first-order valence-corrected chi connectivity index (χ1v) is 8.28. The highest BCUT2D eigenvalue weighted by Crippen LogP contribution is 2.28. The highest BCUT2D eigenvalue weighted by atomic mass is 16.5. The zero-order valence-corrected chi connectivity index (χ0v) is 13.7. The lowest BCUT2D eigenvalue weighted by Crippen LogP contribution is -2.22. The summed E-state index contributed by atoms with van der Waals surface area (Å²) in [6, 6.07) is 29.1. The monoisotopic (exact) mass is 326 g/mol. The van der Waals surface area contributed by atoms with Crippen molar-refractivity contribution >= 4 is 0 Å². The van der Waals surface area contributed by atoms with Crippen LogP contribution in [0.4, 0.5) is 0 Å². The molecule has 0 N–H and O–H groups in total. The Bertz CT molecular complexity index is 944. The molecule has 0 amide bonds. The number of rotatable bonds is 4. The summed E-state index contributed by atoms with van der Waals surface area (Å²) in [6.45, 7) is 0. The fourth-order valence-electron chi connectivity index (χ4n) is 3.16. The van der Waals surface area contributed by atoms with E-state index in [0.717, 1.165) is 15.9 Å². The van der Waals surface area contributed by atoms with Gasteiger partial charge in [-0.25, -0.2) is 9.30 Å². The lowest BCUT2D eigenvalue weighted by atomic mass is 9.96. The largest absolute Gasteiger partial charge is 0.711 e. The third-order valence-electron chi connectivity index (χ3n) is 4.38. The van der Waals surface area contributed by atoms with Crippen molar-refractivity contribution in [2.45, 2.75) is 6.04 Å². The molecule has 25 heavy (non-hydrogen) atoms. The second-order valence-corrected chi connectivity index (χ2v) is 6.02. The zero-order chi connectivity index (χ0) is 17.1. The van der Waals surface area contributed by atoms with E-state index in [1.54, 1.807) is 6.33 Å². The summed E-state index contributed by atoms with van der Waals surface area (Å²) in [6.07, 6.45) is 4.91. The second-order valence-electron chi connectivity index (χ2n) is 6.02. The smallest absolute Gasteiger partial charge is 0.247 e. The topological polar surface area (TPSA) is 31.9 Å². The molecule has 3 nitrogen and oxygen atoms in total. The molecule has 0 bridgehead atoms. The molecule has 1 atom stereocenters. The molecule has 0 aliphatic carbocycles. The number of imidazole rings is 1. The zero-order valence-electron chi connectivity index (χ0n) is 13.7. The van der Waals surface area contributed by atoms with E-state index in [-0.39, 0.29) is 6.04 Å². The quantitative estimate of drug-likeness (QED) is 0.403. The molecule has 1 unspecified atom stereocenters. The molecule has 1 heterocycles. The molecule has 0 aliphatic rings. The van der Waals surface area contributed by atoms with Gasteiger partial charge in [0, 0.05) is 11.1 Å². The van der Waals surface area contributed by atoms with Gasteiger partial charge >= 0.3 is 0 Å². The van der Waals surface area contributed by atoms with Gasteiger partial charge in [0.05, 0.1) is 0 Å². The lowest BCUT2D eigenvalue weighted by Gasteiger charge is -2.15. The van der Waals surface area contributed by atoms with Gasteiger partial charge in [-0.15, -0.1) is 0 Å². The first-order valence-electron chi connectivity index (χ1n) is 8.28. The van der Waals surface area contributed by atoms with Crippen LogP contribution in [0.25, 0.3) is 11.1 Å². The normalized spacial score (nSPS) is 12.0. The van der Waals surface area contributed by atoms with Crippen LogP contribution in [0.15, 0.2) is 104 Å². The molecule has 3 heteroatoms. The van der Waals surface area contributed by atoms with Crippen LogP contribution in [0.1, 0.15) is 17.2 Å². The van der Waals surface area contributed by atoms with E-state index >= 15 is 0 Å². The Kier molecular flexibility index (Phi) is 4.05. The Hall–Kier alpha value is -3.33. The lowest BCUT2D eigenvalue weighted by molar-refractivity contribution is -0.604. The number of benzene rings is 3. The van der Waals surface area contributed by atoms with Crippen LogP contribution in [0.3, 0.4) is 0 Å². The van der Waals surface area contributed by atoms with Gasteiger partial charge in [0.2, 0.25) is 6.33 Å². The first kappa shape index (κ1) is 15.2. The van der Waals surface area contributed by atoms with Crippen molar-refractivity contribution in [1.29, 1.82) is 0 Å². The maximum Gasteiger partial charge on any atom is 0.247 e. The maximum atomic E-state index is 11.6. The van der Waals surface area contributed by atoms with Gasteiger partial charge in [-0.3, -0.25) is 0 Å². The van der Waals surface area contributed by atoms with Crippen molar-refractivity contribution < 1.29 is 4.73 Å². The molecule has 4 aromatic rings. The maximum absolute atomic E-state index is 11.6. The van der Waals surface area contributed by atoms with Gasteiger partial charge < -0.3 is 5.21 Å². The van der Waals surface area contributed by atoms with Gasteiger partial charge in [0.1, 0.15) is 12.4 Å². The molecular weight excluding hydrogens is 308 g/mol. The summed E-state index contributed by atoms with van der Waals surface area (Å²) < 4.78 is 2.77. The van der Waals surface area contributed by atoms with Crippen LogP contribution in [0, 0.1) is 5.21 Å². The van der Waals surface area contributed by atoms with Gasteiger partial charge in [-0.05, 0) is 11.1 Å². The number of aromatic nitrogens is 2. The average Bonchev–Trinajstić information content (AvgIpc) is 3.10. The Balaban J connectivity index is 1.75. The van der Waals surface area contributed by atoms with E-state index in [1.807, 2.05) is 47.2 Å². The fraction of sp³-hybridized carbons (Fsp3) is 0.0455. The van der Waals surface area contributed by atoms with Crippen LogP contribution in [0.5, 0.6) is 0 Å². The predicted octanol–water partition coefficient (Wildman–Crippen LogP) is 4.43. The van der Waals surface area contributed by atoms with Crippen molar-refractivity contribution in [2.24, 2.45) is 0 Å². The van der Waals surface area contributed by atoms with E-state index in [0.29, 0.717) is 0 Å². The van der Waals surface area contributed by atoms with Crippen molar-refractivity contribution in [3.05, 3.63) is 120 Å². The Morgan fingerprint density at radius 1 is 0.680 bits per heavy atom. The summed E-state index contributed by atoms with van der Waals surface area (Å²) >= 11 is 0. The van der Waals surface area contributed by atoms with Crippen molar-refractivity contribution in [3.63, 3.8) is 0 Å². The molecular formula is C22H18N2O. The summed E-state index contributed by atoms with van der Waals surface area (Å²) in [5, 5.41) is 11.6. The van der Waals surface area contributed by atoms with Gasteiger partial charge in [-0.2, -0.15) is 0 Å². The van der Waals surface area contributed by atoms with Crippen LogP contribution in [-0.4, -0.2) is 4.57 Å². The average molecular weight is 326 g/mol. The molecule has 0 saturated heterocycles. The SMILES string of the molecule is [O-][n+]1ccn(C(c2ccccc2)c2ccc(-c3ccccc3)cc2)c1. The van der Waals surface area contributed by atoms with E-state index < -0.39 is 0 Å². The van der Waals surface area contributed by atoms with Crippen molar-refractivity contribution in [3.8, 4) is 11.1 Å². The molecule has 0 spiro atoms. The number of hydrogen-bond donors (Lipinski definition) is 0. The van der Waals surface area contributed by atoms with Crippen LogP contribution >= 0.6 is 0 Å². The molecule has 4 rings (SSSR count). The summed E-state index contributed by atoms with van der Waals surface area (Å²) in [4.78, 5) is 0. The van der Waals surface area contributed by atoms with Gasteiger partial charge in [0.15, 0.2) is 6.04 Å².